The number of nitrogens with zero attached hydrogens (tertiary/aromatic N) is 2. The van der Waals surface area contributed by atoms with Gasteiger partial charge >= 0.3 is 0 Å². The molecule has 0 aromatic carbocycles. The van der Waals surface area contributed by atoms with E-state index < -0.39 is 0 Å². The standard InChI is InChI=1S/C10H11N3S/c1-2-4-11-7-10-13-8-6-12-5-3-9(8)14-10/h2-3,5-6,11H,1,4,7H2. The van der Waals surface area contributed by atoms with E-state index in [1.165, 1.54) is 4.70 Å². The molecule has 4 heteroatoms. The molecule has 2 aromatic rings. The highest BCUT2D eigenvalue weighted by molar-refractivity contribution is 7.18. The van der Waals surface area contributed by atoms with Gasteiger partial charge in [-0.05, 0) is 6.07 Å². The van der Waals surface area contributed by atoms with E-state index in [4.69, 9.17) is 0 Å². The Labute approximate surface area is 86.5 Å². The van der Waals surface area contributed by atoms with E-state index in [9.17, 15) is 0 Å². The lowest BCUT2D eigenvalue weighted by Gasteiger charge is -1.94. The van der Waals surface area contributed by atoms with Gasteiger partial charge in [-0.15, -0.1) is 17.9 Å². The SMILES string of the molecule is C=CCNCc1nc2cnccc2s1. The van der Waals surface area contributed by atoms with Crippen LogP contribution in [0.15, 0.2) is 31.1 Å². The number of nitrogens with one attached hydrogen (secondary N) is 1. The van der Waals surface area contributed by atoms with Crippen molar-refractivity contribution in [2.75, 3.05) is 6.54 Å². The largest absolute Gasteiger partial charge is 0.307 e. The van der Waals surface area contributed by atoms with Crippen LogP contribution in [-0.4, -0.2) is 16.5 Å². The fraction of sp³-hybridized carbons (Fsp3) is 0.200. The monoisotopic (exact) mass is 205 g/mol. The molecule has 14 heavy (non-hydrogen) atoms. The zero-order chi connectivity index (χ0) is 9.80. The Balaban J connectivity index is 2.14. The Morgan fingerprint density at radius 1 is 1.57 bits per heavy atom. The highest BCUT2D eigenvalue weighted by Gasteiger charge is 2.01. The van der Waals surface area contributed by atoms with Gasteiger partial charge in [-0.3, -0.25) is 4.98 Å². The summed E-state index contributed by atoms with van der Waals surface area (Å²) in [6, 6.07) is 1.99. The van der Waals surface area contributed by atoms with Crippen molar-refractivity contribution < 1.29 is 0 Å². The summed E-state index contributed by atoms with van der Waals surface area (Å²) in [5, 5.41) is 4.31. The smallest absolute Gasteiger partial charge is 0.108 e. The first-order valence-electron chi connectivity index (χ1n) is 4.41. The molecule has 2 aromatic heterocycles. The highest BCUT2D eigenvalue weighted by Crippen LogP contribution is 2.20. The van der Waals surface area contributed by atoms with Crippen molar-refractivity contribution in [3.8, 4) is 0 Å². The van der Waals surface area contributed by atoms with Crippen LogP contribution in [0.2, 0.25) is 0 Å². The second-order valence-corrected chi connectivity index (χ2v) is 3.99. The average molecular weight is 205 g/mol. The maximum atomic E-state index is 4.44. The van der Waals surface area contributed by atoms with Gasteiger partial charge in [0, 0.05) is 19.3 Å². The number of hydrogen-bond donors (Lipinski definition) is 1. The van der Waals surface area contributed by atoms with Crippen LogP contribution >= 0.6 is 11.3 Å². The number of hydrogen-bond acceptors (Lipinski definition) is 4. The number of pyridine rings is 1. The fourth-order valence-corrected chi connectivity index (χ4v) is 2.09. The summed E-state index contributed by atoms with van der Waals surface area (Å²) in [6.45, 7) is 5.26. The molecule has 2 heterocycles. The van der Waals surface area contributed by atoms with Crippen LogP contribution in [0.5, 0.6) is 0 Å². The minimum Gasteiger partial charge on any atom is -0.307 e. The number of thiazole rings is 1. The molecule has 0 aliphatic heterocycles. The van der Waals surface area contributed by atoms with Gasteiger partial charge in [-0.25, -0.2) is 4.98 Å². The van der Waals surface area contributed by atoms with Crippen molar-refractivity contribution in [2.24, 2.45) is 0 Å². The van der Waals surface area contributed by atoms with E-state index in [-0.39, 0.29) is 0 Å². The summed E-state index contributed by atoms with van der Waals surface area (Å²) < 4.78 is 1.19. The van der Waals surface area contributed by atoms with Crippen LogP contribution in [0.4, 0.5) is 0 Å². The van der Waals surface area contributed by atoms with E-state index in [0.29, 0.717) is 0 Å². The summed E-state index contributed by atoms with van der Waals surface area (Å²) in [5.41, 5.74) is 0.980. The van der Waals surface area contributed by atoms with Crippen LogP contribution in [-0.2, 0) is 6.54 Å². The van der Waals surface area contributed by atoms with Crippen LogP contribution in [0.25, 0.3) is 10.2 Å². The first-order valence-corrected chi connectivity index (χ1v) is 5.23. The van der Waals surface area contributed by atoms with Crippen molar-refractivity contribution in [3.05, 3.63) is 36.1 Å². The molecule has 0 aliphatic carbocycles. The van der Waals surface area contributed by atoms with Gasteiger partial charge in [0.15, 0.2) is 0 Å². The Kier molecular flexibility index (Phi) is 2.86. The Morgan fingerprint density at radius 2 is 2.50 bits per heavy atom. The number of rotatable bonds is 4. The molecule has 0 unspecified atom stereocenters. The van der Waals surface area contributed by atoms with Crippen molar-refractivity contribution in [2.45, 2.75) is 6.54 Å². The minimum atomic E-state index is 0.797. The van der Waals surface area contributed by atoms with Crippen LogP contribution in [0.3, 0.4) is 0 Å². The normalized spacial score (nSPS) is 10.6. The summed E-state index contributed by atoms with van der Waals surface area (Å²) in [7, 11) is 0. The molecular formula is C10H11N3S. The third-order valence-electron chi connectivity index (χ3n) is 1.80. The molecule has 0 spiro atoms. The van der Waals surface area contributed by atoms with Crippen LogP contribution in [0.1, 0.15) is 5.01 Å². The molecule has 0 radical (unpaired) electrons. The maximum absolute atomic E-state index is 4.44. The minimum absolute atomic E-state index is 0.797. The second kappa shape index (κ2) is 4.30. The summed E-state index contributed by atoms with van der Waals surface area (Å²) in [4.78, 5) is 8.47. The lowest BCUT2D eigenvalue weighted by atomic mass is 10.4. The fourth-order valence-electron chi connectivity index (χ4n) is 1.18. The molecule has 1 N–H and O–H groups in total. The molecule has 0 aliphatic rings. The zero-order valence-corrected chi connectivity index (χ0v) is 8.55. The van der Waals surface area contributed by atoms with E-state index in [1.54, 1.807) is 23.7 Å². The van der Waals surface area contributed by atoms with E-state index in [0.717, 1.165) is 23.6 Å². The van der Waals surface area contributed by atoms with Gasteiger partial charge in [0.1, 0.15) is 5.01 Å². The van der Waals surface area contributed by atoms with Crippen LogP contribution in [0, 0.1) is 0 Å². The summed E-state index contributed by atoms with van der Waals surface area (Å²) in [5.74, 6) is 0. The van der Waals surface area contributed by atoms with Crippen molar-refractivity contribution in [1.82, 2.24) is 15.3 Å². The number of fused-ring (bicyclic) bond motifs is 1. The predicted molar refractivity (Wildman–Crippen MR) is 59.3 cm³/mol. The van der Waals surface area contributed by atoms with Gasteiger partial charge in [0.25, 0.3) is 0 Å². The molecular weight excluding hydrogens is 194 g/mol. The molecule has 72 valence electrons. The van der Waals surface area contributed by atoms with Gasteiger partial charge in [-0.2, -0.15) is 0 Å². The summed E-state index contributed by atoms with van der Waals surface area (Å²) >= 11 is 1.70. The lowest BCUT2D eigenvalue weighted by Crippen LogP contribution is -2.12. The summed E-state index contributed by atoms with van der Waals surface area (Å²) in [6.07, 6.45) is 5.43. The van der Waals surface area contributed by atoms with E-state index >= 15 is 0 Å². The van der Waals surface area contributed by atoms with Crippen LogP contribution < -0.4 is 5.32 Å². The number of aromatic nitrogens is 2. The highest BCUT2D eigenvalue weighted by atomic mass is 32.1. The van der Waals surface area contributed by atoms with Gasteiger partial charge in [0.05, 0.1) is 16.4 Å². The van der Waals surface area contributed by atoms with E-state index in [1.807, 2.05) is 12.1 Å². The average Bonchev–Trinajstić information content (AvgIpc) is 2.60. The molecule has 0 amide bonds. The molecule has 0 saturated carbocycles. The molecule has 0 fully saturated rings. The van der Waals surface area contributed by atoms with Gasteiger partial charge < -0.3 is 5.32 Å². The molecule has 0 saturated heterocycles. The lowest BCUT2D eigenvalue weighted by molar-refractivity contribution is 0.757. The third-order valence-corrected chi connectivity index (χ3v) is 2.84. The van der Waals surface area contributed by atoms with E-state index in [2.05, 4.69) is 21.9 Å². The Bertz CT molecular complexity index is 403. The van der Waals surface area contributed by atoms with Crippen molar-refractivity contribution in [3.63, 3.8) is 0 Å². The quantitative estimate of drug-likeness (QED) is 0.612. The van der Waals surface area contributed by atoms with Gasteiger partial charge in [-0.1, -0.05) is 6.08 Å². The Hall–Kier alpha value is -1.26. The Morgan fingerprint density at radius 3 is 3.29 bits per heavy atom. The van der Waals surface area contributed by atoms with Crippen molar-refractivity contribution in [1.29, 1.82) is 0 Å². The topological polar surface area (TPSA) is 37.8 Å². The second-order valence-electron chi connectivity index (χ2n) is 2.87. The first kappa shape index (κ1) is 9.30. The molecule has 2 rings (SSSR count). The first-order chi connectivity index (χ1) is 6.90. The molecule has 0 bridgehead atoms. The maximum Gasteiger partial charge on any atom is 0.108 e. The third kappa shape index (κ3) is 1.97. The predicted octanol–water partition coefficient (Wildman–Crippen LogP) is 1.97. The molecule has 3 nitrogen and oxygen atoms in total. The molecule has 0 atom stereocenters. The van der Waals surface area contributed by atoms with Crippen molar-refractivity contribution >= 4 is 21.6 Å². The van der Waals surface area contributed by atoms with Gasteiger partial charge in [0.2, 0.25) is 0 Å². The zero-order valence-electron chi connectivity index (χ0n) is 7.73.